The van der Waals surface area contributed by atoms with Gasteiger partial charge >= 0.3 is 0 Å². The molecule has 0 saturated carbocycles. The largest absolute Gasteiger partial charge is 0.394 e. The highest BCUT2D eigenvalue weighted by atomic mass is 16.6. The van der Waals surface area contributed by atoms with E-state index in [9.17, 15) is 10.1 Å². The molecule has 0 bridgehead atoms. The highest BCUT2D eigenvalue weighted by Crippen LogP contribution is 2.20. The molecule has 7 nitrogen and oxygen atoms in total. The summed E-state index contributed by atoms with van der Waals surface area (Å²) in [5.41, 5.74) is 0. The molecule has 1 aliphatic rings. The molecule has 7 heteroatoms. The minimum absolute atomic E-state index is 0.0955. The monoisotopic (exact) mass is 193 g/mol. The zero-order valence-electron chi connectivity index (χ0n) is 6.74. The number of aliphatic hydroxyl groups is 3. The quantitative estimate of drug-likeness (QED) is 0.348. The molecule has 0 aromatic rings. The first kappa shape index (κ1) is 10.3. The number of ether oxygens (including phenoxy) is 1. The van der Waals surface area contributed by atoms with Gasteiger partial charge in [-0.15, -0.1) is 0 Å². The number of nitrogens with zero attached hydrogens (tertiary/aromatic N) is 1. The Kier molecular flexibility index (Phi) is 3.15. The van der Waals surface area contributed by atoms with Gasteiger partial charge < -0.3 is 20.1 Å². The topological polar surface area (TPSA) is 113 Å². The van der Waals surface area contributed by atoms with Crippen molar-refractivity contribution < 1.29 is 25.0 Å². The van der Waals surface area contributed by atoms with Crippen molar-refractivity contribution in [1.29, 1.82) is 0 Å². The molecule has 1 fully saturated rings. The third-order valence-electron chi connectivity index (χ3n) is 2.00. The van der Waals surface area contributed by atoms with Crippen LogP contribution in [0, 0.1) is 10.1 Å². The van der Waals surface area contributed by atoms with E-state index in [2.05, 4.69) is 4.74 Å². The summed E-state index contributed by atoms with van der Waals surface area (Å²) in [6.45, 7) is -0.409. The summed E-state index contributed by atoms with van der Waals surface area (Å²) in [6, 6.07) is -1.28. The molecule has 1 heterocycles. The smallest absolute Gasteiger partial charge is 0.246 e. The fourth-order valence-corrected chi connectivity index (χ4v) is 1.26. The molecule has 0 aromatic carbocycles. The summed E-state index contributed by atoms with van der Waals surface area (Å²) < 4.78 is 4.68. The maximum atomic E-state index is 10.4. The predicted octanol–water partition coefficient (Wildman–Crippen LogP) is -1.91. The molecule has 2 unspecified atom stereocenters. The maximum absolute atomic E-state index is 10.4. The Bertz CT molecular complexity index is 198. The van der Waals surface area contributed by atoms with Gasteiger partial charge in [0.2, 0.25) is 6.04 Å². The summed E-state index contributed by atoms with van der Waals surface area (Å²) in [7, 11) is 0. The normalized spacial score (nSPS) is 40.2. The summed E-state index contributed by atoms with van der Waals surface area (Å²) in [4.78, 5) is 9.69. The van der Waals surface area contributed by atoms with E-state index >= 15 is 0 Å². The van der Waals surface area contributed by atoms with Gasteiger partial charge in [-0.1, -0.05) is 0 Å². The van der Waals surface area contributed by atoms with Crippen molar-refractivity contribution in [3.05, 3.63) is 10.1 Å². The molecule has 0 spiro atoms. The fourth-order valence-electron chi connectivity index (χ4n) is 1.26. The van der Waals surface area contributed by atoms with Gasteiger partial charge in [0.1, 0.15) is 0 Å². The van der Waals surface area contributed by atoms with Crippen LogP contribution in [-0.2, 0) is 4.74 Å². The molecule has 1 aliphatic heterocycles. The first-order chi connectivity index (χ1) is 6.06. The van der Waals surface area contributed by atoms with Crippen molar-refractivity contribution in [3.8, 4) is 0 Å². The summed E-state index contributed by atoms with van der Waals surface area (Å²) in [5, 5.41) is 37.2. The second-order valence-electron chi connectivity index (χ2n) is 2.91. The standard InChI is InChI=1S/C6H11NO6/c8-2-3-1-4(7(11)12)5(9)6(10)13-3/h3-6,8-10H,1-2H2/t3-,4?,5?,6-/m0/s1. The number of nitro groups is 1. The van der Waals surface area contributed by atoms with Gasteiger partial charge in [-0.3, -0.25) is 10.1 Å². The third-order valence-corrected chi connectivity index (χ3v) is 2.00. The molecular weight excluding hydrogens is 182 g/mol. The minimum atomic E-state index is -1.60. The lowest BCUT2D eigenvalue weighted by Gasteiger charge is -2.31. The maximum Gasteiger partial charge on any atom is 0.246 e. The van der Waals surface area contributed by atoms with Crippen molar-refractivity contribution in [2.45, 2.75) is 31.0 Å². The van der Waals surface area contributed by atoms with Gasteiger partial charge in [0.25, 0.3) is 0 Å². The first-order valence-corrected chi connectivity index (χ1v) is 3.82. The number of hydrogen-bond donors (Lipinski definition) is 3. The zero-order valence-corrected chi connectivity index (χ0v) is 6.74. The van der Waals surface area contributed by atoms with Crippen LogP contribution in [-0.4, -0.2) is 51.4 Å². The van der Waals surface area contributed by atoms with Crippen LogP contribution in [0.2, 0.25) is 0 Å². The lowest BCUT2D eigenvalue weighted by molar-refractivity contribution is -0.551. The van der Waals surface area contributed by atoms with Crippen LogP contribution in [0.3, 0.4) is 0 Å². The Balaban J connectivity index is 2.66. The van der Waals surface area contributed by atoms with Crippen molar-refractivity contribution >= 4 is 0 Å². The van der Waals surface area contributed by atoms with Crippen LogP contribution in [0.25, 0.3) is 0 Å². The molecule has 1 rings (SSSR count). The van der Waals surface area contributed by atoms with Gasteiger partial charge in [-0.05, 0) is 0 Å². The lowest BCUT2D eigenvalue weighted by atomic mass is 10.0. The van der Waals surface area contributed by atoms with Crippen LogP contribution in [0.5, 0.6) is 0 Å². The lowest BCUT2D eigenvalue weighted by Crippen LogP contribution is -2.52. The molecule has 0 amide bonds. The Morgan fingerprint density at radius 2 is 2.15 bits per heavy atom. The summed E-state index contributed by atoms with van der Waals surface area (Å²) >= 11 is 0. The van der Waals surface area contributed by atoms with E-state index in [4.69, 9.17) is 15.3 Å². The molecule has 1 saturated heterocycles. The average Bonchev–Trinajstić information content (AvgIpc) is 2.09. The summed E-state index contributed by atoms with van der Waals surface area (Å²) in [6.07, 6.45) is -4.00. The van der Waals surface area contributed by atoms with Crippen molar-refractivity contribution in [2.24, 2.45) is 0 Å². The van der Waals surface area contributed by atoms with Crippen LogP contribution in [0.1, 0.15) is 6.42 Å². The molecule has 13 heavy (non-hydrogen) atoms. The van der Waals surface area contributed by atoms with E-state index in [-0.39, 0.29) is 6.42 Å². The Labute approximate surface area is 73.7 Å². The Morgan fingerprint density at radius 1 is 1.54 bits per heavy atom. The van der Waals surface area contributed by atoms with Crippen LogP contribution in [0.4, 0.5) is 0 Å². The second kappa shape index (κ2) is 3.97. The van der Waals surface area contributed by atoms with E-state index in [1.807, 2.05) is 0 Å². The van der Waals surface area contributed by atoms with Crippen molar-refractivity contribution in [2.75, 3.05) is 6.61 Å². The van der Waals surface area contributed by atoms with Crippen LogP contribution >= 0.6 is 0 Å². The van der Waals surface area contributed by atoms with Gasteiger partial charge in [-0.25, -0.2) is 0 Å². The summed E-state index contributed by atoms with van der Waals surface area (Å²) in [5.74, 6) is 0. The first-order valence-electron chi connectivity index (χ1n) is 3.82. The van der Waals surface area contributed by atoms with Gasteiger partial charge in [-0.2, -0.15) is 0 Å². The van der Waals surface area contributed by atoms with E-state index in [1.54, 1.807) is 0 Å². The molecular formula is C6H11NO6. The highest BCUT2D eigenvalue weighted by molar-refractivity contribution is 4.80. The molecule has 0 aliphatic carbocycles. The van der Waals surface area contributed by atoms with Gasteiger partial charge in [0.15, 0.2) is 12.4 Å². The van der Waals surface area contributed by atoms with E-state index in [0.717, 1.165) is 0 Å². The van der Waals surface area contributed by atoms with E-state index in [0.29, 0.717) is 0 Å². The minimum Gasteiger partial charge on any atom is -0.394 e. The fraction of sp³-hybridized carbons (Fsp3) is 1.00. The zero-order chi connectivity index (χ0) is 10.0. The predicted molar refractivity (Wildman–Crippen MR) is 39.4 cm³/mol. The average molecular weight is 193 g/mol. The molecule has 0 radical (unpaired) electrons. The van der Waals surface area contributed by atoms with Crippen molar-refractivity contribution in [3.63, 3.8) is 0 Å². The molecule has 3 N–H and O–H groups in total. The molecule has 4 atom stereocenters. The number of hydrogen-bond acceptors (Lipinski definition) is 6. The van der Waals surface area contributed by atoms with E-state index < -0.39 is 36.1 Å². The Hall–Kier alpha value is -0.760. The highest BCUT2D eigenvalue weighted by Gasteiger charge is 2.43. The van der Waals surface area contributed by atoms with Gasteiger partial charge in [0, 0.05) is 11.3 Å². The third kappa shape index (κ3) is 2.13. The van der Waals surface area contributed by atoms with Crippen LogP contribution < -0.4 is 0 Å². The van der Waals surface area contributed by atoms with Gasteiger partial charge in [0.05, 0.1) is 12.7 Å². The van der Waals surface area contributed by atoms with Crippen molar-refractivity contribution in [1.82, 2.24) is 0 Å². The Morgan fingerprint density at radius 3 is 2.62 bits per heavy atom. The van der Waals surface area contributed by atoms with Crippen LogP contribution in [0.15, 0.2) is 0 Å². The van der Waals surface area contributed by atoms with E-state index in [1.165, 1.54) is 0 Å². The molecule has 76 valence electrons. The second-order valence-corrected chi connectivity index (χ2v) is 2.91. The SMILES string of the molecule is O=[N+]([O-])C1C[C@@H](CO)O[C@H](O)C1O. The number of rotatable bonds is 2. The molecule has 0 aromatic heterocycles. The number of aliphatic hydroxyl groups excluding tert-OH is 3.